The van der Waals surface area contributed by atoms with Gasteiger partial charge in [0.25, 0.3) is 0 Å². The lowest BCUT2D eigenvalue weighted by Crippen LogP contribution is -2.56. The summed E-state index contributed by atoms with van der Waals surface area (Å²) in [6.45, 7) is 4.54. The third kappa shape index (κ3) is 2.25. The average molecular weight is 203 g/mol. The van der Waals surface area contributed by atoms with Crippen LogP contribution in [0.15, 0.2) is 30.3 Å². The normalized spacial score (nSPS) is 13.3. The van der Waals surface area contributed by atoms with Crippen molar-refractivity contribution in [1.29, 1.82) is 0 Å². The fourth-order valence-corrected chi connectivity index (χ4v) is 3.57. The molecule has 0 aliphatic heterocycles. The van der Waals surface area contributed by atoms with Crippen LogP contribution in [0.5, 0.6) is 0 Å². The first-order chi connectivity index (χ1) is 6.59. The molecular weight excluding hydrogens is 186 g/mol. The highest BCUT2D eigenvalue weighted by atomic mass is 28.3. The van der Waals surface area contributed by atoms with Gasteiger partial charge >= 0.3 is 0 Å². The molecule has 0 aliphatic carbocycles. The monoisotopic (exact) mass is 203 g/mol. The molecule has 0 fully saturated rings. The highest BCUT2D eigenvalue weighted by molar-refractivity contribution is 6.91. The van der Waals surface area contributed by atoms with Gasteiger partial charge in [0.1, 0.15) is 0 Å². The molecule has 0 saturated heterocycles. The third-order valence-corrected chi connectivity index (χ3v) is 6.66. The summed E-state index contributed by atoms with van der Waals surface area (Å²) < 4.78 is 0. The van der Waals surface area contributed by atoms with Crippen molar-refractivity contribution in [3.8, 4) is 12.3 Å². The number of benzene rings is 1. The minimum absolute atomic E-state index is 0.148. The lowest BCUT2D eigenvalue weighted by Gasteiger charge is -2.28. The Morgan fingerprint density at radius 3 is 2.43 bits per heavy atom. The zero-order chi connectivity index (χ0) is 10.6. The predicted molar refractivity (Wildman–Crippen MR) is 65.0 cm³/mol. The number of hydrogen-bond donors (Lipinski definition) is 1. The topological polar surface area (TPSA) is 26.0 Å². The molecule has 2 heteroatoms. The predicted octanol–water partition coefficient (Wildman–Crippen LogP) is 1.49. The van der Waals surface area contributed by atoms with Crippen LogP contribution >= 0.6 is 0 Å². The van der Waals surface area contributed by atoms with Crippen LogP contribution in [0.2, 0.25) is 13.1 Å². The fraction of sp³-hybridized carbons (Fsp3) is 0.333. The van der Waals surface area contributed by atoms with Gasteiger partial charge in [0.05, 0.1) is 8.07 Å². The Kier molecular flexibility index (Phi) is 3.51. The maximum absolute atomic E-state index is 6.11. The molecule has 1 rings (SSSR count). The Balaban J connectivity index is 2.91. The van der Waals surface area contributed by atoms with Crippen molar-refractivity contribution in [2.24, 2.45) is 5.73 Å². The quantitative estimate of drug-likeness (QED) is 0.584. The molecule has 14 heavy (non-hydrogen) atoms. The van der Waals surface area contributed by atoms with Gasteiger partial charge in [0, 0.05) is 12.1 Å². The number of terminal acetylenes is 1. The summed E-state index contributed by atoms with van der Waals surface area (Å²) in [4.78, 5) is 0. The fourth-order valence-electron chi connectivity index (χ4n) is 1.46. The van der Waals surface area contributed by atoms with Crippen molar-refractivity contribution in [3.63, 3.8) is 0 Å². The van der Waals surface area contributed by atoms with E-state index in [4.69, 9.17) is 12.2 Å². The molecule has 1 atom stereocenters. The first-order valence-corrected chi connectivity index (χ1v) is 7.91. The molecule has 0 aliphatic rings. The summed E-state index contributed by atoms with van der Waals surface area (Å²) in [7, 11) is -1.57. The minimum Gasteiger partial charge on any atom is -0.329 e. The van der Waals surface area contributed by atoms with E-state index in [9.17, 15) is 0 Å². The summed E-state index contributed by atoms with van der Waals surface area (Å²) >= 11 is 0. The SMILES string of the molecule is C#CCC(N)[Si](C)(C)c1ccccc1. The van der Waals surface area contributed by atoms with Gasteiger partial charge in [-0.15, -0.1) is 12.3 Å². The molecule has 1 unspecified atom stereocenters. The van der Waals surface area contributed by atoms with Crippen molar-refractivity contribution < 1.29 is 0 Å². The Hall–Kier alpha value is -1.04. The van der Waals surface area contributed by atoms with Gasteiger partial charge in [-0.3, -0.25) is 0 Å². The van der Waals surface area contributed by atoms with E-state index in [1.165, 1.54) is 5.19 Å². The largest absolute Gasteiger partial charge is 0.329 e. The molecule has 2 N–H and O–H groups in total. The molecule has 0 spiro atoms. The van der Waals surface area contributed by atoms with E-state index in [2.05, 4.69) is 43.3 Å². The number of hydrogen-bond acceptors (Lipinski definition) is 1. The van der Waals surface area contributed by atoms with Crippen molar-refractivity contribution >= 4 is 13.3 Å². The molecule has 74 valence electrons. The summed E-state index contributed by atoms with van der Waals surface area (Å²) in [5.74, 6) is 2.65. The summed E-state index contributed by atoms with van der Waals surface area (Å²) in [6.07, 6.45) is 5.97. The van der Waals surface area contributed by atoms with Gasteiger partial charge in [-0.1, -0.05) is 48.6 Å². The van der Waals surface area contributed by atoms with E-state index < -0.39 is 8.07 Å². The first kappa shape index (κ1) is 11.0. The second-order valence-electron chi connectivity index (χ2n) is 4.10. The highest BCUT2D eigenvalue weighted by Gasteiger charge is 2.29. The van der Waals surface area contributed by atoms with Crippen LogP contribution in [0, 0.1) is 12.3 Å². The van der Waals surface area contributed by atoms with Crippen molar-refractivity contribution in [2.45, 2.75) is 25.2 Å². The van der Waals surface area contributed by atoms with Gasteiger partial charge in [-0.2, -0.15) is 0 Å². The van der Waals surface area contributed by atoms with Gasteiger partial charge in [-0.25, -0.2) is 0 Å². The van der Waals surface area contributed by atoms with E-state index in [1.807, 2.05) is 6.07 Å². The second-order valence-corrected chi connectivity index (χ2v) is 8.86. The van der Waals surface area contributed by atoms with Gasteiger partial charge in [-0.05, 0) is 0 Å². The molecule has 0 amide bonds. The Morgan fingerprint density at radius 2 is 1.93 bits per heavy atom. The molecule has 0 radical (unpaired) electrons. The van der Waals surface area contributed by atoms with Crippen LogP contribution in [-0.4, -0.2) is 13.7 Å². The standard InChI is InChI=1S/C12H17NSi/c1-4-8-12(13)14(2,3)11-9-6-5-7-10-11/h1,5-7,9-10,12H,8,13H2,2-3H3. The summed E-state index contributed by atoms with van der Waals surface area (Å²) in [5, 5.41) is 1.38. The van der Waals surface area contributed by atoms with E-state index in [0.717, 1.165) is 0 Å². The zero-order valence-corrected chi connectivity index (χ0v) is 9.83. The molecule has 0 heterocycles. The van der Waals surface area contributed by atoms with Crippen molar-refractivity contribution in [3.05, 3.63) is 30.3 Å². The summed E-state index contributed by atoms with van der Waals surface area (Å²) in [6, 6.07) is 10.5. The van der Waals surface area contributed by atoms with Crippen molar-refractivity contribution in [2.75, 3.05) is 0 Å². The number of rotatable bonds is 3. The van der Waals surface area contributed by atoms with Crippen LogP contribution in [0.1, 0.15) is 6.42 Å². The molecular formula is C12H17NSi. The average Bonchev–Trinajstić information content (AvgIpc) is 2.19. The Labute approximate surface area is 87.3 Å². The number of nitrogens with two attached hydrogens (primary N) is 1. The van der Waals surface area contributed by atoms with Crippen LogP contribution < -0.4 is 10.9 Å². The minimum atomic E-state index is -1.57. The Morgan fingerprint density at radius 1 is 1.36 bits per heavy atom. The molecule has 0 aromatic heterocycles. The maximum Gasteiger partial charge on any atom is 0.0992 e. The second kappa shape index (κ2) is 4.45. The third-order valence-electron chi connectivity index (χ3n) is 2.78. The highest BCUT2D eigenvalue weighted by Crippen LogP contribution is 2.09. The Bertz CT molecular complexity index is 324. The summed E-state index contributed by atoms with van der Waals surface area (Å²) in [5.41, 5.74) is 6.26. The molecule has 0 saturated carbocycles. The van der Waals surface area contributed by atoms with Gasteiger partial charge in [0.15, 0.2) is 0 Å². The van der Waals surface area contributed by atoms with E-state index in [1.54, 1.807) is 0 Å². The van der Waals surface area contributed by atoms with E-state index >= 15 is 0 Å². The van der Waals surface area contributed by atoms with E-state index in [-0.39, 0.29) is 5.67 Å². The molecule has 1 aromatic rings. The van der Waals surface area contributed by atoms with Crippen LogP contribution in [-0.2, 0) is 0 Å². The smallest absolute Gasteiger partial charge is 0.0992 e. The van der Waals surface area contributed by atoms with Gasteiger partial charge in [0.2, 0.25) is 0 Å². The van der Waals surface area contributed by atoms with Crippen molar-refractivity contribution in [1.82, 2.24) is 0 Å². The molecule has 1 nitrogen and oxygen atoms in total. The molecule has 1 aromatic carbocycles. The lowest BCUT2D eigenvalue weighted by molar-refractivity contribution is 0.901. The van der Waals surface area contributed by atoms with Crippen LogP contribution in [0.4, 0.5) is 0 Å². The molecule has 0 bridgehead atoms. The first-order valence-electron chi connectivity index (χ1n) is 4.83. The lowest BCUT2D eigenvalue weighted by atomic mass is 10.4. The van der Waals surface area contributed by atoms with Crippen LogP contribution in [0.3, 0.4) is 0 Å². The van der Waals surface area contributed by atoms with Crippen LogP contribution in [0.25, 0.3) is 0 Å². The maximum atomic E-state index is 6.11. The zero-order valence-electron chi connectivity index (χ0n) is 8.83. The van der Waals surface area contributed by atoms with Gasteiger partial charge < -0.3 is 5.73 Å². The van der Waals surface area contributed by atoms with E-state index in [0.29, 0.717) is 6.42 Å².